The second-order valence-electron chi connectivity index (χ2n) is 6.33. The Bertz CT molecular complexity index is 786. The van der Waals surface area contributed by atoms with Gasteiger partial charge in [0.2, 0.25) is 0 Å². The third-order valence-corrected chi connectivity index (χ3v) is 4.20. The number of benzene rings is 2. The van der Waals surface area contributed by atoms with Gasteiger partial charge in [-0.05, 0) is 67.6 Å². The fraction of sp³-hybridized carbons (Fsp3) is 0.400. The normalized spacial score (nSPS) is 11.1. The predicted molar refractivity (Wildman–Crippen MR) is 122 cm³/mol. The maximum atomic E-state index is 6.12. The molecule has 0 heterocycles. The van der Waals surface area contributed by atoms with Gasteiger partial charge in [0.1, 0.15) is 31.8 Å². The van der Waals surface area contributed by atoms with Crippen molar-refractivity contribution in [3.8, 4) is 11.5 Å². The fourth-order valence-electron chi connectivity index (χ4n) is 2.89. The van der Waals surface area contributed by atoms with E-state index in [1.807, 2.05) is 71.0 Å². The van der Waals surface area contributed by atoms with E-state index < -0.39 is 0 Å². The molecule has 4 heteroatoms. The summed E-state index contributed by atoms with van der Waals surface area (Å²) < 4.78 is 11.9. The summed E-state index contributed by atoms with van der Waals surface area (Å²) in [5.41, 5.74) is 5.21. The lowest BCUT2D eigenvalue weighted by Gasteiger charge is -2.15. The van der Waals surface area contributed by atoms with Gasteiger partial charge < -0.3 is 14.3 Å². The summed E-state index contributed by atoms with van der Waals surface area (Å²) in [6.45, 7) is 13.2. The van der Waals surface area contributed by atoms with E-state index in [-0.39, 0.29) is 0 Å². The molecular formula is C25H35NO3. The zero-order chi connectivity index (χ0) is 21.6. The average molecular weight is 398 g/mol. The highest BCUT2D eigenvalue weighted by atomic mass is 16.6. The number of rotatable bonds is 9. The number of aryl methyl sites for hydroxylation is 2. The first kappa shape index (κ1) is 24.3. The second kappa shape index (κ2) is 13.4. The highest BCUT2D eigenvalue weighted by Crippen LogP contribution is 2.29. The molecule has 0 aromatic heterocycles. The minimum absolute atomic E-state index is 0.498. The van der Waals surface area contributed by atoms with Gasteiger partial charge >= 0.3 is 0 Å². The summed E-state index contributed by atoms with van der Waals surface area (Å²) in [5, 5.41) is 4.10. The van der Waals surface area contributed by atoms with Crippen LogP contribution in [-0.2, 0) is 11.4 Å². The van der Waals surface area contributed by atoms with Crippen molar-refractivity contribution in [3.63, 3.8) is 0 Å². The second-order valence-corrected chi connectivity index (χ2v) is 6.33. The monoisotopic (exact) mass is 397 g/mol. The first-order valence-electron chi connectivity index (χ1n) is 10.3. The number of allylic oxidation sites excluding steroid dienone is 1. The summed E-state index contributed by atoms with van der Waals surface area (Å²) in [4.78, 5) is 4.94. The lowest BCUT2D eigenvalue weighted by Crippen LogP contribution is -2.04. The van der Waals surface area contributed by atoms with Crippen molar-refractivity contribution in [2.24, 2.45) is 5.16 Å². The van der Waals surface area contributed by atoms with Crippen LogP contribution >= 0.6 is 0 Å². The summed E-state index contributed by atoms with van der Waals surface area (Å²) >= 11 is 0. The van der Waals surface area contributed by atoms with Crippen LogP contribution in [0.5, 0.6) is 11.5 Å². The van der Waals surface area contributed by atoms with E-state index in [0.717, 1.165) is 45.9 Å². The van der Waals surface area contributed by atoms with Gasteiger partial charge in [-0.3, -0.25) is 0 Å². The molecule has 0 aliphatic heterocycles. The zero-order valence-corrected chi connectivity index (χ0v) is 18.9. The molecule has 2 rings (SSSR count). The van der Waals surface area contributed by atoms with Crippen LogP contribution < -0.4 is 9.47 Å². The van der Waals surface area contributed by atoms with Gasteiger partial charge in [0.25, 0.3) is 0 Å². The molecule has 0 bridgehead atoms. The van der Waals surface area contributed by atoms with Crippen LogP contribution in [0.2, 0.25) is 0 Å². The van der Waals surface area contributed by atoms with Crippen LogP contribution in [0, 0.1) is 13.8 Å². The van der Waals surface area contributed by atoms with Crippen molar-refractivity contribution in [1.82, 2.24) is 0 Å². The van der Waals surface area contributed by atoms with Crippen molar-refractivity contribution in [3.05, 3.63) is 70.8 Å². The minimum atomic E-state index is 0.498. The van der Waals surface area contributed by atoms with Gasteiger partial charge in [-0.1, -0.05) is 56.3 Å². The van der Waals surface area contributed by atoms with E-state index in [0.29, 0.717) is 13.2 Å². The van der Waals surface area contributed by atoms with E-state index in [1.165, 1.54) is 0 Å². The summed E-state index contributed by atoms with van der Waals surface area (Å²) in [6.07, 6.45) is 4.77. The molecule has 0 spiro atoms. The smallest absolute Gasteiger partial charge is 0.125 e. The predicted octanol–water partition coefficient (Wildman–Crippen LogP) is 6.62. The molecule has 0 radical (unpaired) electrons. The van der Waals surface area contributed by atoms with E-state index in [1.54, 1.807) is 7.11 Å². The molecule has 0 fully saturated rings. The molecule has 29 heavy (non-hydrogen) atoms. The SMILES string of the molecule is C/C=C/COc1cc(C)c(OCc2cccc(C(CC)=NOC)c2)c(C)c1.CC. The van der Waals surface area contributed by atoms with Gasteiger partial charge in [0, 0.05) is 0 Å². The number of hydrogen-bond donors (Lipinski definition) is 0. The lowest BCUT2D eigenvalue weighted by molar-refractivity contribution is 0.213. The Hall–Kier alpha value is -2.75. The molecule has 0 saturated heterocycles. The molecular weight excluding hydrogens is 362 g/mol. The maximum absolute atomic E-state index is 6.12. The maximum Gasteiger partial charge on any atom is 0.125 e. The van der Waals surface area contributed by atoms with Crippen molar-refractivity contribution in [2.75, 3.05) is 13.7 Å². The van der Waals surface area contributed by atoms with Crippen LogP contribution in [0.4, 0.5) is 0 Å². The third-order valence-electron chi connectivity index (χ3n) is 4.20. The summed E-state index contributed by atoms with van der Waals surface area (Å²) in [5.74, 6) is 1.76. The minimum Gasteiger partial charge on any atom is -0.490 e. The van der Waals surface area contributed by atoms with Gasteiger partial charge in [-0.2, -0.15) is 0 Å². The Morgan fingerprint density at radius 1 is 1.03 bits per heavy atom. The molecule has 0 atom stereocenters. The Labute approximate surface area is 176 Å². The van der Waals surface area contributed by atoms with Gasteiger partial charge in [0.15, 0.2) is 0 Å². The van der Waals surface area contributed by atoms with E-state index in [4.69, 9.17) is 14.3 Å². The van der Waals surface area contributed by atoms with Crippen molar-refractivity contribution in [2.45, 2.75) is 54.6 Å². The Balaban J connectivity index is 0.00000204. The molecule has 0 aliphatic rings. The molecule has 0 amide bonds. The first-order chi connectivity index (χ1) is 14.1. The van der Waals surface area contributed by atoms with Gasteiger partial charge in [0.05, 0.1) is 5.71 Å². The Morgan fingerprint density at radius 2 is 1.72 bits per heavy atom. The topological polar surface area (TPSA) is 40.0 Å². The number of oxime groups is 1. The van der Waals surface area contributed by atoms with Crippen LogP contribution in [0.3, 0.4) is 0 Å². The van der Waals surface area contributed by atoms with Crippen LogP contribution in [0.25, 0.3) is 0 Å². The quantitative estimate of drug-likeness (QED) is 0.271. The number of hydrogen-bond acceptors (Lipinski definition) is 4. The zero-order valence-electron chi connectivity index (χ0n) is 18.9. The molecule has 0 aliphatic carbocycles. The van der Waals surface area contributed by atoms with Crippen LogP contribution in [0.1, 0.15) is 56.4 Å². The molecule has 2 aromatic carbocycles. The molecule has 0 saturated carbocycles. The Kier molecular flexibility index (Phi) is 11.2. The fourth-order valence-corrected chi connectivity index (χ4v) is 2.89. The van der Waals surface area contributed by atoms with Gasteiger partial charge in [-0.25, -0.2) is 0 Å². The lowest BCUT2D eigenvalue weighted by atomic mass is 10.1. The van der Waals surface area contributed by atoms with E-state index in [9.17, 15) is 0 Å². The highest BCUT2D eigenvalue weighted by molar-refractivity contribution is 6.00. The highest BCUT2D eigenvalue weighted by Gasteiger charge is 2.09. The molecule has 0 unspecified atom stereocenters. The first-order valence-corrected chi connectivity index (χ1v) is 10.3. The Morgan fingerprint density at radius 3 is 2.31 bits per heavy atom. The number of nitrogens with zero attached hydrogens (tertiary/aromatic N) is 1. The van der Waals surface area contributed by atoms with E-state index in [2.05, 4.69) is 24.2 Å². The van der Waals surface area contributed by atoms with Crippen molar-refractivity contribution < 1.29 is 14.3 Å². The number of ether oxygens (including phenoxy) is 2. The molecule has 4 nitrogen and oxygen atoms in total. The van der Waals surface area contributed by atoms with Crippen LogP contribution in [-0.4, -0.2) is 19.4 Å². The molecule has 0 N–H and O–H groups in total. The molecule has 158 valence electrons. The average Bonchev–Trinajstić information content (AvgIpc) is 2.73. The van der Waals surface area contributed by atoms with E-state index >= 15 is 0 Å². The molecule has 2 aromatic rings. The van der Waals surface area contributed by atoms with Crippen molar-refractivity contribution >= 4 is 5.71 Å². The van der Waals surface area contributed by atoms with Crippen molar-refractivity contribution in [1.29, 1.82) is 0 Å². The third kappa shape index (κ3) is 7.65. The summed E-state index contributed by atoms with van der Waals surface area (Å²) in [6, 6.07) is 12.2. The van der Waals surface area contributed by atoms with Crippen LogP contribution in [0.15, 0.2) is 53.7 Å². The summed E-state index contributed by atoms with van der Waals surface area (Å²) in [7, 11) is 1.57. The standard InChI is InChI=1S/C23H29NO3.C2H6/c1-6-8-12-26-21-13-17(3)23(18(4)14-21)27-16-19-10-9-11-20(15-19)22(7-2)24-25-5;1-2/h6,8-11,13-15H,7,12,16H2,1-5H3;1-2H3/b8-6+,24-22?;. The largest absolute Gasteiger partial charge is 0.490 e. The van der Waals surface area contributed by atoms with Gasteiger partial charge in [-0.15, -0.1) is 0 Å².